The van der Waals surface area contributed by atoms with Crippen LogP contribution in [0, 0.1) is 0 Å². The van der Waals surface area contributed by atoms with Gasteiger partial charge in [-0.15, -0.1) is 0 Å². The molecule has 0 saturated carbocycles. The van der Waals surface area contributed by atoms with Gasteiger partial charge < -0.3 is 9.19 Å². The van der Waals surface area contributed by atoms with Crippen molar-refractivity contribution in [2.75, 3.05) is 11.3 Å². The Morgan fingerprint density at radius 3 is 3.23 bits per heavy atom. The van der Waals surface area contributed by atoms with Crippen molar-refractivity contribution in [3.8, 4) is 0 Å². The molecule has 2 aliphatic rings. The summed E-state index contributed by atoms with van der Waals surface area (Å²) in [4.78, 5) is 0. The Bertz CT molecular complexity index is 346. The Morgan fingerprint density at radius 1 is 1.46 bits per heavy atom. The first-order valence-electron chi connectivity index (χ1n) is 4.32. The third-order valence-corrected chi connectivity index (χ3v) is 4.61. The number of halogens is 1. The fourth-order valence-electron chi connectivity index (χ4n) is 2.00. The SMILES string of the molecule is ClP1OC[C@H]2Cc3ccccc3N21. The zero-order valence-electron chi connectivity index (χ0n) is 6.98. The van der Waals surface area contributed by atoms with Crippen LogP contribution in [0.25, 0.3) is 0 Å². The molecule has 68 valence electrons. The number of anilines is 1. The standard InChI is InChI=1S/C9H9ClNOP/c10-13-11-8(6-12-13)5-7-3-1-2-4-9(7)11/h1-4,8H,5-6H2/t8-,13?/m1/s1. The summed E-state index contributed by atoms with van der Waals surface area (Å²) >= 11 is 6.11. The molecule has 2 atom stereocenters. The van der Waals surface area contributed by atoms with Crippen molar-refractivity contribution in [2.24, 2.45) is 0 Å². The summed E-state index contributed by atoms with van der Waals surface area (Å²) in [5, 5.41) is 0. The van der Waals surface area contributed by atoms with Crippen LogP contribution in [0.4, 0.5) is 5.69 Å². The Morgan fingerprint density at radius 2 is 2.31 bits per heavy atom. The van der Waals surface area contributed by atoms with Crippen molar-refractivity contribution < 1.29 is 4.52 Å². The normalized spacial score (nSPS) is 30.4. The average molecular weight is 214 g/mol. The highest BCUT2D eigenvalue weighted by atomic mass is 35.7. The maximum absolute atomic E-state index is 6.11. The van der Waals surface area contributed by atoms with Crippen LogP contribution < -0.4 is 4.67 Å². The Balaban J connectivity index is 2.08. The van der Waals surface area contributed by atoms with Gasteiger partial charge in [0.05, 0.1) is 12.6 Å². The molecule has 13 heavy (non-hydrogen) atoms. The lowest BCUT2D eigenvalue weighted by atomic mass is 10.1. The van der Waals surface area contributed by atoms with Crippen LogP contribution in [0.5, 0.6) is 0 Å². The zero-order valence-corrected chi connectivity index (χ0v) is 8.63. The van der Waals surface area contributed by atoms with E-state index in [0.29, 0.717) is 6.04 Å². The molecule has 4 heteroatoms. The fraction of sp³-hybridized carbons (Fsp3) is 0.333. The van der Waals surface area contributed by atoms with Crippen LogP contribution >= 0.6 is 18.9 Å². The van der Waals surface area contributed by atoms with Gasteiger partial charge in [0.2, 0.25) is 7.65 Å². The molecular weight excluding hydrogens is 205 g/mol. The topological polar surface area (TPSA) is 12.5 Å². The van der Waals surface area contributed by atoms with Crippen molar-refractivity contribution in [3.05, 3.63) is 29.8 Å². The van der Waals surface area contributed by atoms with Crippen LogP contribution in [-0.4, -0.2) is 12.6 Å². The number of nitrogens with zero attached hydrogens (tertiary/aromatic N) is 1. The highest BCUT2D eigenvalue weighted by Gasteiger charge is 2.40. The molecule has 1 aromatic carbocycles. The summed E-state index contributed by atoms with van der Waals surface area (Å²) < 4.78 is 7.66. The van der Waals surface area contributed by atoms with E-state index in [1.54, 1.807) is 0 Å². The first kappa shape index (κ1) is 8.05. The molecule has 2 aliphatic heterocycles. The molecule has 0 spiro atoms. The van der Waals surface area contributed by atoms with Crippen LogP contribution in [-0.2, 0) is 10.9 Å². The van der Waals surface area contributed by atoms with Crippen molar-refractivity contribution in [1.29, 1.82) is 0 Å². The lowest BCUT2D eigenvalue weighted by Gasteiger charge is -2.18. The molecule has 1 fully saturated rings. The van der Waals surface area contributed by atoms with E-state index >= 15 is 0 Å². The van der Waals surface area contributed by atoms with E-state index in [1.165, 1.54) is 11.3 Å². The third-order valence-electron chi connectivity index (χ3n) is 2.58. The number of hydrogen-bond acceptors (Lipinski definition) is 2. The second kappa shape index (κ2) is 2.84. The number of benzene rings is 1. The highest BCUT2D eigenvalue weighted by molar-refractivity contribution is 7.81. The lowest BCUT2D eigenvalue weighted by molar-refractivity contribution is 0.368. The molecule has 0 aromatic heterocycles. The molecule has 0 amide bonds. The number of para-hydroxylation sites is 1. The fourth-order valence-corrected chi connectivity index (χ4v) is 3.97. The van der Waals surface area contributed by atoms with Crippen molar-refractivity contribution in [2.45, 2.75) is 12.5 Å². The van der Waals surface area contributed by atoms with Gasteiger partial charge in [0, 0.05) is 5.69 Å². The van der Waals surface area contributed by atoms with Gasteiger partial charge in [-0.05, 0) is 29.3 Å². The van der Waals surface area contributed by atoms with Crippen molar-refractivity contribution in [1.82, 2.24) is 0 Å². The predicted octanol–water partition coefficient (Wildman–Crippen LogP) is 2.91. The van der Waals surface area contributed by atoms with Gasteiger partial charge >= 0.3 is 0 Å². The van der Waals surface area contributed by atoms with Crippen LogP contribution in [0.15, 0.2) is 24.3 Å². The summed E-state index contributed by atoms with van der Waals surface area (Å²) in [5.41, 5.74) is 2.68. The van der Waals surface area contributed by atoms with Gasteiger partial charge in [-0.1, -0.05) is 18.2 Å². The quantitative estimate of drug-likeness (QED) is 0.615. The Labute approximate surface area is 83.1 Å². The zero-order chi connectivity index (χ0) is 8.84. The maximum atomic E-state index is 6.11. The molecule has 0 radical (unpaired) electrons. The summed E-state index contributed by atoms with van der Waals surface area (Å²) in [6.07, 6.45) is 1.09. The van der Waals surface area contributed by atoms with E-state index in [0.717, 1.165) is 13.0 Å². The number of hydrogen-bond donors (Lipinski definition) is 0. The second-order valence-electron chi connectivity index (χ2n) is 3.35. The predicted molar refractivity (Wildman–Crippen MR) is 55.1 cm³/mol. The molecule has 2 nitrogen and oxygen atoms in total. The molecule has 1 saturated heterocycles. The largest absolute Gasteiger partial charge is 0.325 e. The molecule has 2 heterocycles. The first-order chi connectivity index (χ1) is 6.36. The Hall–Kier alpha value is -0.300. The maximum Gasteiger partial charge on any atom is 0.236 e. The van der Waals surface area contributed by atoms with E-state index < -0.39 is 7.65 Å². The molecule has 1 unspecified atom stereocenters. The Kier molecular flexibility index (Phi) is 1.76. The molecule has 3 rings (SSSR count). The van der Waals surface area contributed by atoms with Gasteiger partial charge in [0.25, 0.3) is 0 Å². The number of fused-ring (bicyclic) bond motifs is 3. The van der Waals surface area contributed by atoms with Gasteiger partial charge in [-0.25, -0.2) is 0 Å². The second-order valence-corrected chi connectivity index (χ2v) is 5.36. The highest BCUT2D eigenvalue weighted by Crippen LogP contribution is 2.58. The summed E-state index contributed by atoms with van der Waals surface area (Å²) in [6, 6.07) is 8.92. The minimum atomic E-state index is -0.886. The minimum absolute atomic E-state index is 0.487. The third kappa shape index (κ3) is 1.10. The minimum Gasteiger partial charge on any atom is -0.325 e. The van der Waals surface area contributed by atoms with E-state index in [-0.39, 0.29) is 0 Å². The first-order valence-corrected chi connectivity index (χ1v) is 6.44. The van der Waals surface area contributed by atoms with Gasteiger partial charge in [-0.3, -0.25) is 0 Å². The molecule has 0 bridgehead atoms. The molecule has 0 aliphatic carbocycles. The van der Waals surface area contributed by atoms with E-state index in [1.807, 2.05) is 0 Å². The summed E-state index contributed by atoms with van der Waals surface area (Å²) in [7, 11) is -0.886. The van der Waals surface area contributed by atoms with Gasteiger partial charge in [-0.2, -0.15) is 0 Å². The summed E-state index contributed by atoms with van der Waals surface area (Å²) in [5.74, 6) is 0. The molecule has 1 aromatic rings. The lowest BCUT2D eigenvalue weighted by Crippen LogP contribution is -2.21. The van der Waals surface area contributed by atoms with Crippen LogP contribution in [0.3, 0.4) is 0 Å². The molecular formula is C9H9ClNOP. The van der Waals surface area contributed by atoms with Crippen molar-refractivity contribution in [3.63, 3.8) is 0 Å². The van der Waals surface area contributed by atoms with Crippen LogP contribution in [0.1, 0.15) is 5.56 Å². The average Bonchev–Trinajstić information content (AvgIpc) is 2.66. The van der Waals surface area contributed by atoms with E-state index in [2.05, 4.69) is 28.9 Å². The number of rotatable bonds is 0. The monoisotopic (exact) mass is 213 g/mol. The van der Waals surface area contributed by atoms with Gasteiger partial charge in [0.15, 0.2) is 0 Å². The smallest absolute Gasteiger partial charge is 0.236 e. The van der Waals surface area contributed by atoms with E-state index in [9.17, 15) is 0 Å². The summed E-state index contributed by atoms with van der Waals surface area (Å²) in [6.45, 7) is 0.782. The van der Waals surface area contributed by atoms with Gasteiger partial charge in [0.1, 0.15) is 0 Å². The molecule has 0 N–H and O–H groups in total. The van der Waals surface area contributed by atoms with Crippen molar-refractivity contribution >= 4 is 24.6 Å². The van der Waals surface area contributed by atoms with E-state index in [4.69, 9.17) is 15.8 Å². The van der Waals surface area contributed by atoms with Crippen LogP contribution in [0.2, 0.25) is 0 Å².